The van der Waals surface area contributed by atoms with Gasteiger partial charge in [0.25, 0.3) is 0 Å². The number of thiazole rings is 1. The molecule has 0 saturated carbocycles. The first-order valence-electron chi connectivity index (χ1n) is 14.3. The van der Waals surface area contributed by atoms with E-state index >= 15 is 0 Å². The second-order valence-electron chi connectivity index (χ2n) is 10.6. The van der Waals surface area contributed by atoms with Crippen molar-refractivity contribution in [2.24, 2.45) is 0 Å². The van der Waals surface area contributed by atoms with Crippen molar-refractivity contribution in [1.82, 2.24) is 15.3 Å². The van der Waals surface area contributed by atoms with Crippen LogP contribution in [0.15, 0.2) is 97.2 Å². The van der Waals surface area contributed by atoms with Gasteiger partial charge in [0, 0.05) is 41.5 Å². The van der Waals surface area contributed by atoms with Crippen molar-refractivity contribution in [3.63, 3.8) is 0 Å². The Labute approximate surface area is 275 Å². The van der Waals surface area contributed by atoms with Gasteiger partial charge in [-0.25, -0.2) is 27.0 Å². The Morgan fingerprint density at radius 2 is 1.52 bits per heavy atom. The summed E-state index contributed by atoms with van der Waals surface area (Å²) in [6, 6.07) is 23.8. The molecule has 0 bridgehead atoms. The number of halogens is 3. The highest BCUT2D eigenvalue weighted by Crippen LogP contribution is 2.36. The van der Waals surface area contributed by atoms with Crippen molar-refractivity contribution in [2.45, 2.75) is 31.2 Å². The van der Waals surface area contributed by atoms with E-state index in [2.05, 4.69) is 25.3 Å². The number of urea groups is 1. The summed E-state index contributed by atoms with van der Waals surface area (Å²) >= 11 is 7.56. The smallest absolute Gasteiger partial charge is 0.321 e. The normalized spacial score (nSPS) is 12.1. The first-order valence-corrected chi connectivity index (χ1v) is 17.3. The van der Waals surface area contributed by atoms with Gasteiger partial charge in [0.05, 0.1) is 6.26 Å². The Bertz CT molecular complexity index is 1830. The zero-order valence-electron chi connectivity index (χ0n) is 24.6. The summed E-state index contributed by atoms with van der Waals surface area (Å²) in [5, 5.41) is 6.09. The maximum atomic E-state index is 13.7. The minimum Gasteiger partial charge on any atom is -0.335 e. The van der Waals surface area contributed by atoms with Crippen LogP contribution in [0.3, 0.4) is 0 Å². The molecule has 5 rings (SSSR count). The summed E-state index contributed by atoms with van der Waals surface area (Å²) < 4.78 is 53.2. The van der Waals surface area contributed by atoms with Crippen LogP contribution in [0, 0.1) is 11.6 Å². The molecular weight excluding hydrogens is 652 g/mol. The van der Waals surface area contributed by atoms with Gasteiger partial charge in [0.2, 0.25) is 10.0 Å². The van der Waals surface area contributed by atoms with Gasteiger partial charge in [-0.05, 0) is 72.5 Å². The third-order valence-corrected chi connectivity index (χ3v) is 8.91. The Balaban J connectivity index is 1.31. The fourth-order valence-corrected chi connectivity index (χ4v) is 6.69. The maximum Gasteiger partial charge on any atom is 0.321 e. The molecular formula is C33H30ClF2N5O3S2. The number of rotatable bonds is 12. The lowest BCUT2D eigenvalue weighted by Gasteiger charge is -2.23. The molecule has 5 aromatic rings. The van der Waals surface area contributed by atoms with Crippen LogP contribution in [0.1, 0.15) is 35.6 Å². The predicted octanol–water partition coefficient (Wildman–Crippen LogP) is 7.85. The van der Waals surface area contributed by atoms with E-state index in [0.717, 1.165) is 34.4 Å². The molecule has 3 aromatic carbocycles. The van der Waals surface area contributed by atoms with Crippen LogP contribution in [0.2, 0.25) is 4.34 Å². The van der Waals surface area contributed by atoms with Gasteiger partial charge >= 0.3 is 6.03 Å². The molecule has 0 fully saturated rings. The third-order valence-electron chi connectivity index (χ3n) is 7.13. The summed E-state index contributed by atoms with van der Waals surface area (Å²) in [6.45, 7) is 0. The monoisotopic (exact) mass is 681 g/mol. The van der Waals surface area contributed by atoms with E-state index in [1.807, 2.05) is 18.2 Å². The second-order valence-corrected chi connectivity index (χ2v) is 14.0. The lowest BCUT2D eigenvalue weighted by molar-refractivity contribution is 0.247. The zero-order valence-corrected chi connectivity index (χ0v) is 27.0. The molecule has 0 spiro atoms. The van der Waals surface area contributed by atoms with Gasteiger partial charge in [-0.2, -0.15) is 0 Å². The zero-order chi connectivity index (χ0) is 32.7. The van der Waals surface area contributed by atoms with Crippen molar-refractivity contribution < 1.29 is 22.0 Å². The first-order chi connectivity index (χ1) is 22.0. The number of sulfonamides is 1. The SMILES string of the molecule is CS(=O)(=O)Nc1ccc(-c2nc(NC(=O)NC(CCC(c3ccc(F)cc3)c3ccc(F)cc3)Cc3ccccn3)sc2Cl)cc1. The van der Waals surface area contributed by atoms with Crippen LogP contribution in [0.25, 0.3) is 11.3 Å². The molecule has 0 aliphatic carbocycles. The van der Waals surface area contributed by atoms with Crippen molar-refractivity contribution in [1.29, 1.82) is 0 Å². The predicted molar refractivity (Wildman–Crippen MR) is 179 cm³/mol. The Hall–Kier alpha value is -4.39. The Kier molecular flexibility index (Phi) is 10.6. The molecule has 3 N–H and O–H groups in total. The molecule has 1 atom stereocenters. The van der Waals surface area contributed by atoms with Gasteiger partial charge in [-0.1, -0.05) is 65.4 Å². The number of nitrogens with one attached hydrogen (secondary N) is 3. The number of hydrogen-bond donors (Lipinski definition) is 3. The number of hydrogen-bond acceptors (Lipinski definition) is 6. The summed E-state index contributed by atoms with van der Waals surface area (Å²) in [7, 11) is -3.42. The third kappa shape index (κ3) is 9.32. The average Bonchev–Trinajstić information content (AvgIpc) is 3.38. The van der Waals surface area contributed by atoms with E-state index in [0.29, 0.717) is 40.5 Å². The molecule has 13 heteroatoms. The van der Waals surface area contributed by atoms with Crippen LogP contribution in [0.5, 0.6) is 0 Å². The number of nitrogens with zero attached hydrogens (tertiary/aromatic N) is 2. The fourth-order valence-electron chi connectivity index (χ4n) is 5.04. The van der Waals surface area contributed by atoms with E-state index in [-0.39, 0.29) is 28.7 Å². The Morgan fingerprint density at radius 3 is 2.09 bits per heavy atom. The average molecular weight is 682 g/mol. The van der Waals surface area contributed by atoms with Crippen molar-refractivity contribution in [2.75, 3.05) is 16.3 Å². The molecule has 0 saturated heterocycles. The van der Waals surface area contributed by atoms with Gasteiger partial charge in [-0.15, -0.1) is 0 Å². The number of carbonyl (C=O) groups is 1. The molecule has 2 aromatic heterocycles. The standard InChI is InChI=1S/C33H30ClF2N5O3S2/c1-46(43,44)41-26-15-9-23(10-16-26)30-31(34)45-33(39-30)40-32(42)38-28(20-27-4-2-3-19-37-27)17-18-29(21-5-11-24(35)12-6-21)22-7-13-25(36)14-8-22/h2-16,19,28-29,41H,17-18,20H2,1H3,(H2,38,39,40,42). The second kappa shape index (κ2) is 14.8. The molecule has 0 aliphatic rings. The molecule has 0 aliphatic heterocycles. The quantitative estimate of drug-likeness (QED) is 0.124. The fraction of sp³-hybridized carbons (Fsp3) is 0.182. The number of anilines is 2. The highest BCUT2D eigenvalue weighted by molar-refractivity contribution is 7.92. The number of carbonyl (C=O) groups excluding carboxylic acids is 1. The van der Waals surface area contributed by atoms with E-state index in [9.17, 15) is 22.0 Å². The van der Waals surface area contributed by atoms with Crippen LogP contribution in [-0.2, 0) is 16.4 Å². The van der Waals surface area contributed by atoms with Gasteiger partial charge in [0.15, 0.2) is 5.13 Å². The Morgan fingerprint density at radius 1 is 0.891 bits per heavy atom. The van der Waals surface area contributed by atoms with E-state index in [1.165, 1.54) is 24.3 Å². The maximum absolute atomic E-state index is 13.7. The highest BCUT2D eigenvalue weighted by Gasteiger charge is 2.21. The molecule has 2 heterocycles. The largest absolute Gasteiger partial charge is 0.335 e. The summed E-state index contributed by atoms with van der Waals surface area (Å²) in [4.78, 5) is 22.2. The summed E-state index contributed by atoms with van der Waals surface area (Å²) in [6.07, 6.45) is 4.31. The van der Waals surface area contributed by atoms with Gasteiger partial charge < -0.3 is 5.32 Å². The molecule has 1 unspecified atom stereocenters. The van der Waals surface area contributed by atoms with Crippen LogP contribution >= 0.6 is 22.9 Å². The minimum atomic E-state index is -3.42. The van der Waals surface area contributed by atoms with Crippen LogP contribution in [-0.4, -0.2) is 36.7 Å². The van der Waals surface area contributed by atoms with Crippen molar-refractivity contribution in [3.8, 4) is 11.3 Å². The van der Waals surface area contributed by atoms with E-state index in [1.54, 1.807) is 54.7 Å². The number of benzene rings is 3. The van der Waals surface area contributed by atoms with Gasteiger partial charge in [0.1, 0.15) is 21.7 Å². The molecule has 8 nitrogen and oxygen atoms in total. The molecule has 46 heavy (non-hydrogen) atoms. The molecule has 0 radical (unpaired) electrons. The molecule has 2 amide bonds. The van der Waals surface area contributed by atoms with Crippen molar-refractivity contribution >= 4 is 49.8 Å². The topological polar surface area (TPSA) is 113 Å². The number of pyridine rings is 1. The van der Waals surface area contributed by atoms with E-state index in [4.69, 9.17) is 11.6 Å². The number of aromatic nitrogens is 2. The highest BCUT2D eigenvalue weighted by atomic mass is 35.5. The van der Waals surface area contributed by atoms with Crippen LogP contribution in [0.4, 0.5) is 24.4 Å². The summed E-state index contributed by atoms with van der Waals surface area (Å²) in [5.74, 6) is -0.865. The lowest BCUT2D eigenvalue weighted by atomic mass is 9.85. The van der Waals surface area contributed by atoms with Crippen molar-refractivity contribution in [3.05, 3.63) is 130 Å². The number of amides is 2. The first kappa shape index (κ1) is 33.0. The lowest BCUT2D eigenvalue weighted by Crippen LogP contribution is -2.39. The molecule has 238 valence electrons. The minimum absolute atomic E-state index is 0.170. The summed E-state index contributed by atoms with van der Waals surface area (Å²) in [5.41, 5.74) is 4.03. The van der Waals surface area contributed by atoms with Gasteiger partial charge in [-0.3, -0.25) is 15.0 Å². The van der Waals surface area contributed by atoms with Crippen LogP contribution < -0.4 is 15.4 Å². The van der Waals surface area contributed by atoms with E-state index < -0.39 is 16.1 Å².